The quantitative estimate of drug-likeness (QED) is 0.239. The van der Waals surface area contributed by atoms with Gasteiger partial charge in [-0.3, -0.25) is 14.4 Å². The van der Waals surface area contributed by atoms with E-state index in [-0.39, 0.29) is 17.7 Å². The van der Waals surface area contributed by atoms with Crippen LogP contribution in [-0.4, -0.2) is 77.2 Å². The van der Waals surface area contributed by atoms with E-state index in [2.05, 4.69) is 19.1 Å². The maximum atomic E-state index is 14.5. The molecule has 0 aliphatic carbocycles. The van der Waals surface area contributed by atoms with Gasteiger partial charge in [-0.25, -0.2) is 0 Å². The molecule has 1 fully saturated rings. The van der Waals surface area contributed by atoms with Crippen molar-refractivity contribution < 1.29 is 14.4 Å². The second-order valence-electron chi connectivity index (χ2n) is 13.7. The Kier molecular flexibility index (Phi) is 12.0. The van der Waals surface area contributed by atoms with Gasteiger partial charge in [-0.2, -0.15) is 0 Å². The lowest BCUT2D eigenvalue weighted by Crippen LogP contribution is -2.57. The Morgan fingerprint density at radius 2 is 1.63 bits per heavy atom. The number of carbonyl (C=O) groups excluding carboxylic acids is 3. The third-order valence-electron chi connectivity index (χ3n) is 8.74. The molecule has 2 N–H and O–H groups in total. The van der Waals surface area contributed by atoms with E-state index in [1.165, 1.54) is 4.90 Å². The lowest BCUT2D eigenvalue weighted by atomic mass is 9.96. The number of likely N-dealkylation sites (N-methyl/N-ethyl adjacent to an activating group) is 2. The first-order valence-electron chi connectivity index (χ1n) is 16.3. The van der Waals surface area contributed by atoms with Gasteiger partial charge in [-0.15, -0.1) is 11.3 Å². The average Bonchev–Trinajstić information content (AvgIpc) is 3.54. The van der Waals surface area contributed by atoms with Gasteiger partial charge < -0.3 is 20.4 Å². The van der Waals surface area contributed by atoms with Gasteiger partial charge in [-0.1, -0.05) is 73.2 Å². The summed E-state index contributed by atoms with van der Waals surface area (Å²) in [5.74, 6) is -0.129. The number of likely N-dealkylation sites (tertiary alicyclic amines) is 1. The van der Waals surface area contributed by atoms with E-state index in [0.29, 0.717) is 38.3 Å². The van der Waals surface area contributed by atoms with Crippen LogP contribution in [0, 0.1) is 5.92 Å². The summed E-state index contributed by atoms with van der Waals surface area (Å²) in [5.41, 5.74) is 9.72. The van der Waals surface area contributed by atoms with Crippen LogP contribution in [0.5, 0.6) is 0 Å². The van der Waals surface area contributed by atoms with E-state index in [1.54, 1.807) is 36.4 Å². The first-order valence-corrected chi connectivity index (χ1v) is 17.2. The smallest absolute Gasteiger partial charge is 0.246 e. The van der Waals surface area contributed by atoms with E-state index in [4.69, 9.17) is 5.73 Å². The van der Waals surface area contributed by atoms with Crippen molar-refractivity contribution in [2.75, 3.05) is 27.2 Å². The molecule has 1 aliphatic rings. The number of nitrogens with two attached hydrogens (primary N) is 1. The molecule has 2 aromatic carbocycles. The summed E-state index contributed by atoms with van der Waals surface area (Å²) in [7, 11) is 3.39. The number of thiophene rings is 1. The predicted molar refractivity (Wildman–Crippen MR) is 188 cm³/mol. The summed E-state index contributed by atoms with van der Waals surface area (Å²) in [6.07, 6.45) is 4.94. The molecule has 46 heavy (non-hydrogen) atoms. The summed E-state index contributed by atoms with van der Waals surface area (Å²) in [4.78, 5) is 48.3. The number of hydrogen-bond donors (Lipinski definition) is 1. The van der Waals surface area contributed by atoms with Crippen LogP contribution in [0.4, 0.5) is 0 Å². The van der Waals surface area contributed by atoms with Gasteiger partial charge in [0.25, 0.3) is 0 Å². The van der Waals surface area contributed by atoms with Crippen LogP contribution in [0.15, 0.2) is 83.8 Å². The minimum atomic E-state index is -0.811. The Bertz CT molecular complexity index is 1480. The predicted octanol–water partition coefficient (Wildman–Crippen LogP) is 6.19. The first kappa shape index (κ1) is 35.1. The molecule has 0 radical (unpaired) electrons. The molecular formula is C38H50N4O3S. The van der Waals surface area contributed by atoms with Gasteiger partial charge in [-0.05, 0) is 74.1 Å². The molecule has 7 nitrogen and oxygen atoms in total. The highest BCUT2D eigenvalue weighted by molar-refractivity contribution is 7.09. The largest absolute Gasteiger partial charge is 0.341 e. The van der Waals surface area contributed by atoms with Crippen molar-refractivity contribution in [3.8, 4) is 11.1 Å². The van der Waals surface area contributed by atoms with Crippen molar-refractivity contribution in [1.29, 1.82) is 0 Å². The molecular weight excluding hydrogens is 593 g/mol. The third-order valence-corrected chi connectivity index (χ3v) is 9.64. The minimum absolute atomic E-state index is 0.0309. The van der Waals surface area contributed by atoms with Crippen molar-refractivity contribution in [2.24, 2.45) is 11.7 Å². The fourth-order valence-electron chi connectivity index (χ4n) is 6.31. The molecule has 246 valence electrons. The van der Waals surface area contributed by atoms with Crippen molar-refractivity contribution >= 4 is 29.1 Å². The summed E-state index contributed by atoms with van der Waals surface area (Å²) >= 11 is 1.59. The number of piperidine rings is 1. The zero-order valence-electron chi connectivity index (χ0n) is 28.2. The standard InChI is InChI=1S/C38H50N4O3S/c1-27-12-10-20-42(26-27)37(45)34(24-32-15-11-21-46-32)41(6)36(44)33(40(5)35(43)22-28(2)25-38(3,4)39)23-29-16-18-31(19-17-29)30-13-8-7-9-14-30/h7-9,11,13-19,21-22,27,33-34H,10,12,20,23-26,39H2,1-6H3/b28-22+/t27?,33-,34-/m1/s1. The van der Waals surface area contributed by atoms with Gasteiger partial charge in [0.15, 0.2) is 0 Å². The molecule has 3 amide bonds. The lowest BCUT2D eigenvalue weighted by molar-refractivity contribution is -0.149. The van der Waals surface area contributed by atoms with Gasteiger partial charge in [0.2, 0.25) is 17.7 Å². The van der Waals surface area contributed by atoms with Gasteiger partial charge in [0.1, 0.15) is 12.1 Å². The van der Waals surface area contributed by atoms with Crippen molar-refractivity contribution in [3.05, 3.63) is 94.2 Å². The van der Waals surface area contributed by atoms with Crippen molar-refractivity contribution in [1.82, 2.24) is 14.7 Å². The topological polar surface area (TPSA) is 87.0 Å². The van der Waals surface area contributed by atoms with E-state index in [1.807, 2.05) is 85.6 Å². The molecule has 3 aromatic rings. The van der Waals surface area contributed by atoms with Crippen LogP contribution in [0.1, 0.15) is 57.4 Å². The molecule has 1 aromatic heterocycles. The second kappa shape index (κ2) is 15.7. The first-order chi connectivity index (χ1) is 21.8. The fraction of sp³-hybridized carbons (Fsp3) is 0.447. The SMILES string of the molecule is C/C(=C\C(=O)N(C)[C@H](Cc1ccc(-c2ccccc2)cc1)C(=O)N(C)[C@H](Cc1cccs1)C(=O)N1CCCC(C)C1)CC(C)(C)N. The van der Waals surface area contributed by atoms with E-state index in [9.17, 15) is 14.4 Å². The third kappa shape index (κ3) is 9.63. The maximum absolute atomic E-state index is 14.5. The highest BCUT2D eigenvalue weighted by atomic mass is 32.1. The lowest BCUT2D eigenvalue weighted by Gasteiger charge is -2.38. The Balaban J connectivity index is 1.65. The summed E-state index contributed by atoms with van der Waals surface area (Å²) in [5, 5.41) is 1.99. The molecule has 0 spiro atoms. The van der Waals surface area contributed by atoms with Crippen LogP contribution in [0.3, 0.4) is 0 Å². The molecule has 4 rings (SSSR count). The molecule has 1 aliphatic heterocycles. The van der Waals surface area contributed by atoms with Crippen LogP contribution in [0.2, 0.25) is 0 Å². The molecule has 0 bridgehead atoms. The normalized spacial score (nSPS) is 16.9. The number of amides is 3. The number of rotatable bonds is 12. The summed E-state index contributed by atoms with van der Waals surface area (Å²) in [6, 6.07) is 20.8. The van der Waals surface area contributed by atoms with Crippen LogP contribution in [-0.2, 0) is 27.2 Å². The maximum Gasteiger partial charge on any atom is 0.246 e. The highest BCUT2D eigenvalue weighted by Crippen LogP contribution is 2.24. The Morgan fingerprint density at radius 3 is 2.24 bits per heavy atom. The van der Waals surface area contributed by atoms with Gasteiger partial charge in [0.05, 0.1) is 0 Å². The fourth-order valence-corrected chi connectivity index (χ4v) is 7.05. The van der Waals surface area contributed by atoms with E-state index in [0.717, 1.165) is 40.0 Å². The molecule has 3 atom stereocenters. The van der Waals surface area contributed by atoms with Crippen molar-refractivity contribution in [2.45, 2.75) is 77.4 Å². The van der Waals surface area contributed by atoms with E-state index >= 15 is 0 Å². The number of benzene rings is 2. The highest BCUT2D eigenvalue weighted by Gasteiger charge is 2.37. The molecule has 2 heterocycles. The average molecular weight is 643 g/mol. The molecule has 8 heteroatoms. The number of hydrogen-bond acceptors (Lipinski definition) is 5. The Morgan fingerprint density at radius 1 is 0.957 bits per heavy atom. The second-order valence-corrected chi connectivity index (χ2v) is 14.7. The van der Waals surface area contributed by atoms with Crippen molar-refractivity contribution in [3.63, 3.8) is 0 Å². The zero-order chi connectivity index (χ0) is 33.4. The molecule has 1 saturated heterocycles. The summed E-state index contributed by atoms with van der Waals surface area (Å²) in [6.45, 7) is 9.30. The summed E-state index contributed by atoms with van der Waals surface area (Å²) < 4.78 is 0. The van der Waals surface area contributed by atoms with E-state index < -0.39 is 17.6 Å². The molecule has 1 unspecified atom stereocenters. The van der Waals surface area contributed by atoms with Gasteiger partial charge in [0, 0.05) is 56.5 Å². The zero-order valence-corrected chi connectivity index (χ0v) is 29.1. The number of nitrogens with zero attached hydrogens (tertiary/aromatic N) is 3. The molecule has 0 saturated carbocycles. The Labute approximate surface area is 279 Å². The monoisotopic (exact) mass is 642 g/mol. The number of carbonyl (C=O) groups is 3. The minimum Gasteiger partial charge on any atom is -0.341 e. The van der Waals surface area contributed by atoms with Gasteiger partial charge >= 0.3 is 0 Å². The van der Waals surface area contributed by atoms with Crippen LogP contribution < -0.4 is 5.73 Å². The Hall–Kier alpha value is -3.75. The van der Waals surface area contributed by atoms with Crippen LogP contribution >= 0.6 is 11.3 Å². The van der Waals surface area contributed by atoms with Crippen LogP contribution in [0.25, 0.3) is 11.1 Å².